The van der Waals surface area contributed by atoms with E-state index in [-0.39, 0.29) is 5.25 Å². The summed E-state index contributed by atoms with van der Waals surface area (Å²) >= 11 is 1.38. The second-order valence-electron chi connectivity index (χ2n) is 2.77. The maximum Gasteiger partial charge on any atom is 0.316 e. The van der Waals surface area contributed by atoms with Crippen molar-refractivity contribution in [3.05, 3.63) is 18.0 Å². The second kappa shape index (κ2) is 4.32. The van der Waals surface area contributed by atoms with Crippen molar-refractivity contribution in [3.63, 3.8) is 0 Å². The smallest absolute Gasteiger partial charge is 0.316 e. The standard InChI is InChI=1S/C8H12N2O2S/c1-6(8(11)12)13-5-7-3-4-10(2)9-7/h3-4,6H,5H2,1-2H3,(H,11,12). The highest BCUT2D eigenvalue weighted by molar-refractivity contribution is 7.99. The minimum atomic E-state index is -0.777. The number of nitrogens with zero attached hydrogens (tertiary/aromatic N) is 2. The van der Waals surface area contributed by atoms with Gasteiger partial charge in [-0.2, -0.15) is 5.10 Å². The monoisotopic (exact) mass is 200 g/mol. The third kappa shape index (κ3) is 3.10. The molecule has 0 aliphatic rings. The average molecular weight is 200 g/mol. The summed E-state index contributed by atoms with van der Waals surface area (Å²) in [5, 5.41) is 12.4. The van der Waals surface area contributed by atoms with Crippen LogP contribution in [-0.2, 0) is 17.6 Å². The Hall–Kier alpha value is -0.970. The lowest BCUT2D eigenvalue weighted by Gasteiger charge is -2.02. The zero-order valence-corrected chi connectivity index (χ0v) is 8.41. The first-order valence-electron chi connectivity index (χ1n) is 3.92. The van der Waals surface area contributed by atoms with Gasteiger partial charge in [0.25, 0.3) is 0 Å². The van der Waals surface area contributed by atoms with Gasteiger partial charge in [0.05, 0.1) is 10.9 Å². The Morgan fingerprint density at radius 3 is 3.00 bits per heavy atom. The molecule has 1 unspecified atom stereocenters. The van der Waals surface area contributed by atoms with Gasteiger partial charge < -0.3 is 5.11 Å². The summed E-state index contributed by atoms with van der Waals surface area (Å²) in [5.41, 5.74) is 0.917. The lowest BCUT2D eigenvalue weighted by molar-refractivity contribution is -0.136. The van der Waals surface area contributed by atoms with E-state index in [4.69, 9.17) is 5.11 Å². The second-order valence-corrected chi connectivity index (χ2v) is 4.10. The fraction of sp³-hybridized carbons (Fsp3) is 0.500. The van der Waals surface area contributed by atoms with Crippen molar-refractivity contribution in [2.75, 3.05) is 0 Å². The van der Waals surface area contributed by atoms with Crippen molar-refractivity contribution in [2.24, 2.45) is 7.05 Å². The summed E-state index contributed by atoms with van der Waals surface area (Å²) in [6, 6.07) is 1.89. The van der Waals surface area contributed by atoms with Gasteiger partial charge in [-0.05, 0) is 13.0 Å². The molecule has 1 rings (SSSR count). The number of hydrogen-bond acceptors (Lipinski definition) is 3. The molecule has 0 saturated carbocycles. The number of aliphatic carboxylic acids is 1. The van der Waals surface area contributed by atoms with Gasteiger partial charge in [0.2, 0.25) is 0 Å². The van der Waals surface area contributed by atoms with Crippen LogP contribution in [0.4, 0.5) is 0 Å². The van der Waals surface area contributed by atoms with Crippen molar-refractivity contribution >= 4 is 17.7 Å². The Morgan fingerprint density at radius 1 is 1.85 bits per heavy atom. The highest BCUT2D eigenvalue weighted by Crippen LogP contribution is 2.15. The molecule has 0 aromatic carbocycles. The maximum atomic E-state index is 10.5. The van der Waals surface area contributed by atoms with E-state index in [1.807, 2.05) is 19.3 Å². The fourth-order valence-corrected chi connectivity index (χ4v) is 1.54. The van der Waals surface area contributed by atoms with Crippen molar-refractivity contribution in [1.82, 2.24) is 9.78 Å². The number of carbonyl (C=O) groups is 1. The fourth-order valence-electron chi connectivity index (χ4n) is 0.822. The molecule has 72 valence electrons. The van der Waals surface area contributed by atoms with Gasteiger partial charge in [-0.1, -0.05) is 0 Å². The number of carboxylic acids is 1. The van der Waals surface area contributed by atoms with Gasteiger partial charge in [0.15, 0.2) is 0 Å². The molecule has 1 aromatic rings. The minimum absolute atomic E-state index is 0.373. The topological polar surface area (TPSA) is 55.1 Å². The van der Waals surface area contributed by atoms with Crippen LogP contribution < -0.4 is 0 Å². The molecule has 0 spiro atoms. The van der Waals surface area contributed by atoms with E-state index in [9.17, 15) is 4.79 Å². The normalized spacial score (nSPS) is 12.8. The van der Waals surface area contributed by atoms with Crippen LogP contribution in [0.25, 0.3) is 0 Å². The Labute approximate surface area is 80.9 Å². The predicted octanol–water partition coefficient (Wildman–Crippen LogP) is 1.13. The predicted molar refractivity (Wildman–Crippen MR) is 51.6 cm³/mol. The first-order valence-corrected chi connectivity index (χ1v) is 4.97. The Kier molecular flexibility index (Phi) is 3.36. The third-order valence-electron chi connectivity index (χ3n) is 1.60. The number of hydrogen-bond donors (Lipinski definition) is 1. The lowest BCUT2D eigenvalue weighted by atomic mass is 10.5. The van der Waals surface area contributed by atoms with Gasteiger partial charge in [0.1, 0.15) is 0 Å². The average Bonchev–Trinajstić information content (AvgIpc) is 2.47. The Bertz CT molecular complexity index is 298. The SMILES string of the molecule is CC(SCc1ccn(C)n1)C(=O)O. The van der Waals surface area contributed by atoms with E-state index < -0.39 is 5.97 Å². The first kappa shape index (κ1) is 10.1. The van der Waals surface area contributed by atoms with Gasteiger partial charge >= 0.3 is 5.97 Å². The molecule has 1 N–H and O–H groups in total. The van der Waals surface area contributed by atoms with Crippen LogP contribution in [0, 0.1) is 0 Å². The molecule has 0 radical (unpaired) electrons. The summed E-state index contributed by atoms with van der Waals surface area (Å²) in [6.07, 6.45) is 1.85. The molecular weight excluding hydrogens is 188 g/mol. The zero-order chi connectivity index (χ0) is 9.84. The summed E-state index contributed by atoms with van der Waals surface area (Å²) < 4.78 is 1.71. The van der Waals surface area contributed by atoms with Crippen molar-refractivity contribution < 1.29 is 9.90 Å². The Morgan fingerprint density at radius 2 is 2.54 bits per heavy atom. The molecule has 1 heterocycles. The third-order valence-corrected chi connectivity index (χ3v) is 2.76. The van der Waals surface area contributed by atoms with E-state index in [1.165, 1.54) is 11.8 Å². The van der Waals surface area contributed by atoms with Gasteiger partial charge in [-0.25, -0.2) is 0 Å². The van der Waals surface area contributed by atoms with Crippen LogP contribution in [0.5, 0.6) is 0 Å². The van der Waals surface area contributed by atoms with Gasteiger partial charge in [-0.3, -0.25) is 9.48 Å². The molecule has 0 amide bonds. The molecular formula is C8H12N2O2S. The highest BCUT2D eigenvalue weighted by atomic mass is 32.2. The Balaban J connectivity index is 2.39. The van der Waals surface area contributed by atoms with Crippen molar-refractivity contribution in [2.45, 2.75) is 17.9 Å². The summed E-state index contributed by atoms with van der Waals surface area (Å²) in [7, 11) is 1.84. The number of aryl methyl sites for hydroxylation is 1. The molecule has 13 heavy (non-hydrogen) atoms. The van der Waals surface area contributed by atoms with Crippen LogP contribution in [0.2, 0.25) is 0 Å². The minimum Gasteiger partial charge on any atom is -0.480 e. The molecule has 5 heteroatoms. The van der Waals surface area contributed by atoms with E-state index in [0.717, 1.165) is 5.69 Å². The molecule has 0 aliphatic carbocycles. The van der Waals surface area contributed by atoms with Gasteiger partial charge in [0, 0.05) is 19.0 Å². The van der Waals surface area contributed by atoms with Crippen LogP contribution >= 0.6 is 11.8 Å². The molecule has 1 aromatic heterocycles. The van der Waals surface area contributed by atoms with E-state index in [2.05, 4.69) is 5.10 Å². The number of carboxylic acid groups (broad SMARTS) is 1. The van der Waals surface area contributed by atoms with Gasteiger partial charge in [-0.15, -0.1) is 11.8 Å². The number of rotatable bonds is 4. The van der Waals surface area contributed by atoms with E-state index >= 15 is 0 Å². The van der Waals surface area contributed by atoms with Crippen LogP contribution in [0.3, 0.4) is 0 Å². The number of thioether (sulfide) groups is 1. The molecule has 1 atom stereocenters. The summed E-state index contributed by atoms with van der Waals surface area (Å²) in [6.45, 7) is 1.68. The molecule has 4 nitrogen and oxygen atoms in total. The highest BCUT2D eigenvalue weighted by Gasteiger charge is 2.11. The van der Waals surface area contributed by atoms with Crippen molar-refractivity contribution in [1.29, 1.82) is 0 Å². The largest absolute Gasteiger partial charge is 0.480 e. The van der Waals surface area contributed by atoms with E-state index in [0.29, 0.717) is 5.75 Å². The lowest BCUT2D eigenvalue weighted by Crippen LogP contribution is -2.11. The number of aromatic nitrogens is 2. The first-order chi connectivity index (χ1) is 6.09. The zero-order valence-electron chi connectivity index (χ0n) is 7.60. The van der Waals surface area contributed by atoms with E-state index in [1.54, 1.807) is 11.6 Å². The van der Waals surface area contributed by atoms with Crippen LogP contribution in [0.15, 0.2) is 12.3 Å². The summed E-state index contributed by atoms with van der Waals surface area (Å²) in [5.74, 6) is -0.130. The molecule has 0 bridgehead atoms. The molecule has 0 saturated heterocycles. The quantitative estimate of drug-likeness (QED) is 0.791. The summed E-state index contributed by atoms with van der Waals surface area (Å²) in [4.78, 5) is 10.5. The van der Waals surface area contributed by atoms with Crippen LogP contribution in [-0.4, -0.2) is 26.1 Å². The maximum absolute atomic E-state index is 10.5. The van der Waals surface area contributed by atoms with Crippen LogP contribution in [0.1, 0.15) is 12.6 Å². The van der Waals surface area contributed by atoms with Crippen molar-refractivity contribution in [3.8, 4) is 0 Å². The molecule has 0 aliphatic heterocycles. The molecule has 0 fully saturated rings.